The Balaban J connectivity index is 1.88. The van der Waals surface area contributed by atoms with Crippen molar-refractivity contribution in [3.05, 3.63) is 67.1 Å². The molecule has 10 heteroatoms. The first-order valence-corrected chi connectivity index (χ1v) is 11.2. The van der Waals surface area contributed by atoms with Crippen LogP contribution in [-0.2, 0) is 13.6 Å². The summed E-state index contributed by atoms with van der Waals surface area (Å²) in [6.07, 6.45) is 0. The number of hydrogen-bond donors (Lipinski definition) is 1. The molecule has 4 aromatic rings. The third-order valence-corrected chi connectivity index (χ3v) is 6.21. The lowest BCUT2D eigenvalue weighted by Gasteiger charge is -2.16. The van der Waals surface area contributed by atoms with Gasteiger partial charge < -0.3 is 4.98 Å². The fourth-order valence-corrected chi connectivity index (χ4v) is 4.62. The van der Waals surface area contributed by atoms with Crippen molar-refractivity contribution in [2.75, 3.05) is 0 Å². The molecule has 1 N–H and O–H groups in total. The molecule has 166 valence electrons. The Hall–Kier alpha value is -3.27. The van der Waals surface area contributed by atoms with E-state index in [-0.39, 0.29) is 16.7 Å². The summed E-state index contributed by atoms with van der Waals surface area (Å²) in [4.78, 5) is 54.7. The predicted molar refractivity (Wildman–Crippen MR) is 125 cm³/mol. The first-order valence-electron chi connectivity index (χ1n) is 10.3. The molecule has 0 aliphatic rings. The highest BCUT2D eigenvalue weighted by Crippen LogP contribution is 2.34. The number of fused-ring (bicyclic) bond motifs is 2. The molecular formula is C22H24N6O3S. The topological polar surface area (TPSA) is 116 Å². The molecule has 0 spiro atoms. The molecule has 0 bridgehead atoms. The van der Waals surface area contributed by atoms with Crippen LogP contribution < -0.4 is 16.8 Å². The highest BCUT2D eigenvalue weighted by molar-refractivity contribution is 7.99. The van der Waals surface area contributed by atoms with Crippen molar-refractivity contribution in [1.82, 2.24) is 29.1 Å². The van der Waals surface area contributed by atoms with E-state index in [4.69, 9.17) is 0 Å². The molecule has 0 fully saturated rings. The number of H-pyrrole nitrogens is 1. The Morgan fingerprint density at radius 2 is 1.78 bits per heavy atom. The zero-order valence-corrected chi connectivity index (χ0v) is 19.4. The maximum absolute atomic E-state index is 13.0. The highest BCUT2D eigenvalue weighted by Gasteiger charge is 2.21. The number of aromatic amines is 1. The molecule has 0 amide bonds. The van der Waals surface area contributed by atoms with E-state index in [2.05, 4.69) is 19.9 Å². The van der Waals surface area contributed by atoms with Gasteiger partial charge in [0.15, 0.2) is 5.65 Å². The number of benzene rings is 1. The molecule has 0 radical (unpaired) electrons. The van der Waals surface area contributed by atoms with E-state index >= 15 is 0 Å². The van der Waals surface area contributed by atoms with Crippen LogP contribution in [0.15, 0.2) is 43.7 Å². The molecule has 0 aliphatic carbocycles. The third kappa shape index (κ3) is 3.86. The van der Waals surface area contributed by atoms with Crippen LogP contribution in [0.5, 0.6) is 0 Å². The summed E-state index contributed by atoms with van der Waals surface area (Å²) in [6.45, 7) is 8.04. The first kappa shape index (κ1) is 21.9. The largest absolute Gasteiger partial charge is 0.332 e. The smallest absolute Gasteiger partial charge is 0.309 e. The number of rotatable bonds is 5. The van der Waals surface area contributed by atoms with Crippen LogP contribution in [0.1, 0.15) is 37.7 Å². The van der Waals surface area contributed by atoms with Crippen LogP contribution in [-0.4, -0.2) is 29.1 Å². The summed E-state index contributed by atoms with van der Waals surface area (Å²) in [6, 6.07) is 7.13. The zero-order valence-electron chi connectivity index (χ0n) is 18.5. The lowest BCUT2D eigenvalue weighted by atomic mass is 10.2. The van der Waals surface area contributed by atoms with Crippen molar-refractivity contribution >= 4 is 33.7 Å². The molecule has 4 rings (SSSR count). The minimum atomic E-state index is -0.445. The van der Waals surface area contributed by atoms with Gasteiger partial charge in [-0.05, 0) is 31.9 Å². The van der Waals surface area contributed by atoms with Crippen molar-refractivity contribution in [1.29, 1.82) is 0 Å². The second kappa shape index (κ2) is 8.34. The Morgan fingerprint density at radius 1 is 1.06 bits per heavy atom. The summed E-state index contributed by atoms with van der Waals surface area (Å²) >= 11 is 1.30. The molecule has 9 nitrogen and oxygen atoms in total. The van der Waals surface area contributed by atoms with Gasteiger partial charge in [-0.2, -0.15) is 0 Å². The number of para-hydroxylation sites is 1. The van der Waals surface area contributed by atoms with Gasteiger partial charge in [-0.25, -0.2) is 19.7 Å². The average Bonchev–Trinajstić information content (AvgIpc) is 2.74. The zero-order chi connectivity index (χ0) is 23.2. The predicted octanol–water partition coefficient (Wildman–Crippen LogP) is 2.54. The number of aromatic nitrogens is 6. The van der Waals surface area contributed by atoms with Gasteiger partial charge in [0, 0.05) is 13.6 Å². The van der Waals surface area contributed by atoms with Crippen molar-refractivity contribution in [2.45, 2.75) is 44.5 Å². The molecule has 1 atom stereocenters. The Kier molecular flexibility index (Phi) is 5.72. The fraction of sp³-hybridized carbons (Fsp3) is 0.364. The van der Waals surface area contributed by atoms with Crippen LogP contribution in [0.25, 0.3) is 21.9 Å². The summed E-state index contributed by atoms with van der Waals surface area (Å²) in [5.41, 5.74) is -0.139. The van der Waals surface area contributed by atoms with Crippen LogP contribution in [0, 0.1) is 12.8 Å². The molecule has 0 aliphatic heterocycles. The quantitative estimate of drug-likeness (QED) is 0.365. The first-order chi connectivity index (χ1) is 15.2. The van der Waals surface area contributed by atoms with Gasteiger partial charge in [0.25, 0.3) is 11.1 Å². The van der Waals surface area contributed by atoms with Crippen LogP contribution in [0.2, 0.25) is 0 Å². The van der Waals surface area contributed by atoms with Gasteiger partial charge in [-0.15, -0.1) is 0 Å². The van der Waals surface area contributed by atoms with E-state index in [0.717, 1.165) is 4.57 Å². The normalized spacial score (nSPS) is 12.7. The van der Waals surface area contributed by atoms with Crippen LogP contribution >= 0.6 is 11.8 Å². The summed E-state index contributed by atoms with van der Waals surface area (Å²) in [7, 11) is 1.46. The highest BCUT2D eigenvalue weighted by atomic mass is 32.2. The minimum absolute atomic E-state index is 0.186. The van der Waals surface area contributed by atoms with E-state index in [1.807, 2.05) is 26.8 Å². The second-order valence-electron chi connectivity index (χ2n) is 8.15. The number of nitrogens with one attached hydrogen (secondary N) is 1. The van der Waals surface area contributed by atoms with Gasteiger partial charge >= 0.3 is 5.69 Å². The SMILES string of the molecule is Cc1nc(S[C@@H](C)c2nc3ccccc3c(=O)[nH]2)c2c(=O)n(C)c(=O)n(CC(C)C)c2n1. The standard InChI is InChI=1S/C22H24N6O3S/c1-11(2)10-28-18-16(21(30)27(5)22(28)31)20(24-13(4)23-18)32-12(3)17-25-15-9-7-6-8-14(15)19(29)26-17/h6-9,11-12H,10H2,1-5H3,(H,25,26,29)/t12-/m0/s1. The van der Waals surface area contributed by atoms with Crippen LogP contribution in [0.4, 0.5) is 0 Å². The van der Waals surface area contributed by atoms with Gasteiger partial charge in [0.05, 0.1) is 16.2 Å². The van der Waals surface area contributed by atoms with Crippen LogP contribution in [0.3, 0.4) is 0 Å². The lowest BCUT2D eigenvalue weighted by molar-refractivity contribution is 0.498. The second-order valence-corrected chi connectivity index (χ2v) is 9.48. The molecule has 0 saturated carbocycles. The maximum atomic E-state index is 13.0. The number of thioether (sulfide) groups is 1. The molecule has 3 heterocycles. The van der Waals surface area contributed by atoms with E-state index in [9.17, 15) is 14.4 Å². The Morgan fingerprint density at radius 3 is 2.50 bits per heavy atom. The molecule has 0 saturated heterocycles. The number of aryl methyl sites for hydroxylation is 1. The van der Waals surface area contributed by atoms with E-state index in [1.54, 1.807) is 25.1 Å². The molecule has 0 unspecified atom stereocenters. The third-order valence-electron chi connectivity index (χ3n) is 5.11. The number of nitrogens with zero attached hydrogens (tertiary/aromatic N) is 5. The van der Waals surface area contributed by atoms with Crippen molar-refractivity contribution in [3.8, 4) is 0 Å². The Labute approximate surface area is 187 Å². The average molecular weight is 453 g/mol. The number of hydrogen-bond acceptors (Lipinski definition) is 7. The van der Waals surface area contributed by atoms with Gasteiger partial charge in [-0.1, -0.05) is 37.7 Å². The molecule has 3 aromatic heterocycles. The summed E-state index contributed by atoms with van der Waals surface area (Å²) < 4.78 is 2.62. The monoisotopic (exact) mass is 452 g/mol. The van der Waals surface area contributed by atoms with E-state index < -0.39 is 11.2 Å². The van der Waals surface area contributed by atoms with Gasteiger partial charge in [0.2, 0.25) is 0 Å². The van der Waals surface area contributed by atoms with E-state index in [1.165, 1.54) is 23.4 Å². The molecular weight excluding hydrogens is 428 g/mol. The van der Waals surface area contributed by atoms with E-state index in [0.29, 0.717) is 45.2 Å². The summed E-state index contributed by atoms with van der Waals surface area (Å²) in [5.74, 6) is 1.12. The summed E-state index contributed by atoms with van der Waals surface area (Å²) in [5, 5.41) is 0.954. The fourth-order valence-electron chi connectivity index (χ4n) is 3.58. The van der Waals surface area contributed by atoms with Gasteiger partial charge in [0.1, 0.15) is 22.1 Å². The Bertz CT molecular complexity index is 1520. The van der Waals surface area contributed by atoms with Gasteiger partial charge in [-0.3, -0.25) is 18.7 Å². The lowest BCUT2D eigenvalue weighted by Crippen LogP contribution is -2.39. The van der Waals surface area contributed by atoms with Crippen molar-refractivity contribution < 1.29 is 0 Å². The van der Waals surface area contributed by atoms with Crippen molar-refractivity contribution in [2.24, 2.45) is 13.0 Å². The molecule has 32 heavy (non-hydrogen) atoms. The maximum Gasteiger partial charge on any atom is 0.332 e. The van der Waals surface area contributed by atoms with Crippen molar-refractivity contribution in [3.63, 3.8) is 0 Å². The minimum Gasteiger partial charge on any atom is -0.309 e. The molecule has 1 aromatic carbocycles.